The van der Waals surface area contributed by atoms with Crippen LogP contribution in [0.25, 0.3) is 11.2 Å². The van der Waals surface area contributed by atoms with Gasteiger partial charge in [-0.1, -0.05) is 23.7 Å². The zero-order chi connectivity index (χ0) is 18.8. The maximum absolute atomic E-state index is 12.5. The second-order valence-corrected chi connectivity index (χ2v) is 6.86. The van der Waals surface area contributed by atoms with E-state index in [1.165, 1.54) is 0 Å². The van der Waals surface area contributed by atoms with E-state index >= 15 is 0 Å². The molecule has 0 bridgehead atoms. The molecular formula is C19H19ClN4O3. The van der Waals surface area contributed by atoms with Crippen LogP contribution in [0.4, 0.5) is 4.79 Å². The monoisotopic (exact) mass is 386 g/mol. The fourth-order valence-electron chi connectivity index (χ4n) is 3.00. The highest BCUT2D eigenvalue weighted by Gasteiger charge is 2.28. The van der Waals surface area contributed by atoms with Gasteiger partial charge >= 0.3 is 6.09 Å². The molecule has 1 aromatic carbocycles. The molecule has 1 saturated heterocycles. The number of morpholine rings is 1. The number of hydrogen-bond donors (Lipinski definition) is 1. The third-order valence-corrected chi connectivity index (χ3v) is 4.82. The van der Waals surface area contributed by atoms with Gasteiger partial charge in [0.05, 0.1) is 18.7 Å². The Morgan fingerprint density at radius 1 is 1.44 bits per heavy atom. The van der Waals surface area contributed by atoms with Crippen molar-refractivity contribution >= 4 is 28.9 Å². The topological polar surface area (TPSA) is 80.3 Å². The number of imidazole rings is 1. The van der Waals surface area contributed by atoms with Gasteiger partial charge in [0.15, 0.2) is 5.65 Å². The van der Waals surface area contributed by atoms with Gasteiger partial charge in [0.1, 0.15) is 18.5 Å². The summed E-state index contributed by atoms with van der Waals surface area (Å²) in [6.07, 6.45) is 0.951. The molecule has 27 heavy (non-hydrogen) atoms. The van der Waals surface area contributed by atoms with Gasteiger partial charge in [-0.15, -0.1) is 0 Å². The number of ether oxygens (including phenoxy) is 2. The Bertz CT molecular complexity index is 941. The van der Waals surface area contributed by atoms with E-state index in [0.717, 1.165) is 16.6 Å². The number of aromatic amines is 1. The van der Waals surface area contributed by atoms with Gasteiger partial charge in [-0.25, -0.2) is 14.8 Å². The predicted octanol–water partition coefficient (Wildman–Crippen LogP) is 3.63. The molecular weight excluding hydrogens is 368 g/mol. The number of amides is 1. The molecule has 7 nitrogen and oxygen atoms in total. The molecule has 1 fully saturated rings. The number of rotatable bonds is 3. The normalized spacial score (nSPS) is 17.3. The molecule has 8 heteroatoms. The molecule has 0 spiro atoms. The summed E-state index contributed by atoms with van der Waals surface area (Å²) in [5.41, 5.74) is 3.31. The SMILES string of the molecule is Cc1ccc(COC(=O)N2CCO[C@H](c3nc4ncccc4[nH]3)C2)c(Cl)c1. The van der Waals surface area contributed by atoms with Crippen molar-refractivity contribution in [2.24, 2.45) is 0 Å². The molecule has 3 aromatic rings. The fourth-order valence-corrected chi connectivity index (χ4v) is 3.29. The van der Waals surface area contributed by atoms with E-state index < -0.39 is 6.09 Å². The molecule has 4 rings (SSSR count). The first-order chi connectivity index (χ1) is 13.1. The lowest BCUT2D eigenvalue weighted by Gasteiger charge is -2.31. The lowest BCUT2D eigenvalue weighted by Crippen LogP contribution is -2.42. The third-order valence-electron chi connectivity index (χ3n) is 4.47. The van der Waals surface area contributed by atoms with Crippen LogP contribution in [0.3, 0.4) is 0 Å². The lowest BCUT2D eigenvalue weighted by atomic mass is 10.2. The van der Waals surface area contributed by atoms with Gasteiger partial charge in [0.2, 0.25) is 0 Å². The summed E-state index contributed by atoms with van der Waals surface area (Å²) in [5, 5.41) is 0.595. The van der Waals surface area contributed by atoms with E-state index in [9.17, 15) is 4.79 Å². The number of carbonyl (C=O) groups excluding carboxylic acids is 1. The van der Waals surface area contributed by atoms with Gasteiger partial charge in [-0.2, -0.15) is 0 Å². The fraction of sp³-hybridized carbons (Fsp3) is 0.316. The van der Waals surface area contributed by atoms with Gasteiger partial charge in [-0.3, -0.25) is 0 Å². The molecule has 1 aliphatic heterocycles. The largest absolute Gasteiger partial charge is 0.444 e. The summed E-state index contributed by atoms with van der Waals surface area (Å²) in [6, 6.07) is 9.40. The zero-order valence-electron chi connectivity index (χ0n) is 14.8. The van der Waals surface area contributed by atoms with Crippen molar-refractivity contribution in [2.75, 3.05) is 19.7 Å². The van der Waals surface area contributed by atoms with Crippen molar-refractivity contribution in [3.63, 3.8) is 0 Å². The van der Waals surface area contributed by atoms with E-state index in [2.05, 4.69) is 15.0 Å². The third kappa shape index (κ3) is 3.89. The zero-order valence-corrected chi connectivity index (χ0v) is 15.6. The van der Waals surface area contributed by atoms with Crippen molar-refractivity contribution in [3.8, 4) is 0 Å². The Morgan fingerprint density at radius 2 is 2.33 bits per heavy atom. The first kappa shape index (κ1) is 17.8. The van der Waals surface area contributed by atoms with Crippen LogP contribution < -0.4 is 0 Å². The first-order valence-corrected chi connectivity index (χ1v) is 9.07. The summed E-state index contributed by atoms with van der Waals surface area (Å²) in [7, 11) is 0. The van der Waals surface area contributed by atoms with Crippen LogP contribution in [0.2, 0.25) is 5.02 Å². The average Bonchev–Trinajstić information content (AvgIpc) is 3.11. The molecule has 1 aliphatic rings. The second kappa shape index (κ2) is 7.54. The highest BCUT2D eigenvalue weighted by atomic mass is 35.5. The van der Waals surface area contributed by atoms with Crippen LogP contribution in [0.1, 0.15) is 23.1 Å². The van der Waals surface area contributed by atoms with Crippen LogP contribution in [0.15, 0.2) is 36.5 Å². The molecule has 0 radical (unpaired) electrons. The number of aromatic nitrogens is 3. The average molecular weight is 387 g/mol. The van der Waals surface area contributed by atoms with Crippen molar-refractivity contribution in [2.45, 2.75) is 19.6 Å². The molecule has 0 unspecified atom stereocenters. The summed E-state index contributed by atoms with van der Waals surface area (Å²) in [6.45, 7) is 3.34. The van der Waals surface area contributed by atoms with Crippen molar-refractivity contribution in [1.82, 2.24) is 19.9 Å². The number of nitrogens with zero attached hydrogens (tertiary/aromatic N) is 3. The number of carbonyl (C=O) groups is 1. The molecule has 0 aliphatic carbocycles. The number of pyridine rings is 1. The van der Waals surface area contributed by atoms with Crippen molar-refractivity contribution < 1.29 is 14.3 Å². The predicted molar refractivity (Wildman–Crippen MR) is 101 cm³/mol. The van der Waals surface area contributed by atoms with Crippen molar-refractivity contribution in [1.29, 1.82) is 0 Å². The Labute approximate surface area is 161 Å². The van der Waals surface area contributed by atoms with Gasteiger partial charge < -0.3 is 19.4 Å². The molecule has 140 valence electrons. The highest BCUT2D eigenvalue weighted by Crippen LogP contribution is 2.23. The minimum absolute atomic E-state index is 0.133. The van der Waals surface area contributed by atoms with Crippen LogP contribution >= 0.6 is 11.6 Å². The molecule has 1 N–H and O–H groups in total. The first-order valence-electron chi connectivity index (χ1n) is 8.69. The number of fused-ring (bicyclic) bond motifs is 1. The van der Waals surface area contributed by atoms with Crippen LogP contribution in [-0.4, -0.2) is 45.6 Å². The smallest absolute Gasteiger partial charge is 0.410 e. The van der Waals surface area contributed by atoms with E-state index in [1.807, 2.05) is 37.3 Å². The summed E-state index contributed by atoms with van der Waals surface area (Å²) >= 11 is 6.20. The Morgan fingerprint density at radius 3 is 3.15 bits per heavy atom. The molecule has 1 atom stereocenters. The van der Waals surface area contributed by atoms with Gasteiger partial charge in [-0.05, 0) is 30.7 Å². The molecule has 1 amide bonds. The summed E-state index contributed by atoms with van der Waals surface area (Å²) < 4.78 is 11.2. The molecule has 2 aromatic heterocycles. The van der Waals surface area contributed by atoms with Crippen LogP contribution in [-0.2, 0) is 16.1 Å². The number of aryl methyl sites for hydroxylation is 1. The number of benzene rings is 1. The van der Waals surface area contributed by atoms with E-state index in [4.69, 9.17) is 21.1 Å². The standard InChI is InChI=1S/C19H19ClN4O3/c1-12-4-5-13(14(20)9-12)11-27-19(25)24-7-8-26-16(10-24)18-22-15-3-2-6-21-17(15)23-18/h2-6,9,16H,7-8,10-11H2,1H3,(H,21,22,23)/t16-/m0/s1. The van der Waals surface area contributed by atoms with Crippen LogP contribution in [0.5, 0.6) is 0 Å². The Balaban J connectivity index is 1.40. The van der Waals surface area contributed by atoms with E-state index in [-0.39, 0.29) is 12.7 Å². The quantitative estimate of drug-likeness (QED) is 0.743. The minimum Gasteiger partial charge on any atom is -0.444 e. The Hall–Kier alpha value is -2.64. The molecule has 0 saturated carbocycles. The number of H-pyrrole nitrogens is 1. The van der Waals surface area contributed by atoms with E-state index in [0.29, 0.717) is 36.2 Å². The highest BCUT2D eigenvalue weighted by molar-refractivity contribution is 6.31. The van der Waals surface area contributed by atoms with Gasteiger partial charge in [0.25, 0.3) is 0 Å². The summed E-state index contributed by atoms with van der Waals surface area (Å²) in [5.74, 6) is 0.655. The number of nitrogens with one attached hydrogen (secondary N) is 1. The maximum Gasteiger partial charge on any atom is 0.410 e. The minimum atomic E-state index is -0.394. The number of hydrogen-bond acceptors (Lipinski definition) is 5. The maximum atomic E-state index is 12.5. The Kier molecular flexibility index (Phi) is 4.96. The summed E-state index contributed by atoms with van der Waals surface area (Å²) in [4.78, 5) is 26.0. The van der Waals surface area contributed by atoms with Crippen LogP contribution in [0, 0.1) is 6.92 Å². The van der Waals surface area contributed by atoms with Crippen molar-refractivity contribution in [3.05, 3.63) is 58.5 Å². The second-order valence-electron chi connectivity index (χ2n) is 6.45. The lowest BCUT2D eigenvalue weighted by molar-refractivity contribution is -0.0330. The number of halogens is 1. The van der Waals surface area contributed by atoms with Gasteiger partial charge in [0, 0.05) is 23.3 Å². The van der Waals surface area contributed by atoms with E-state index in [1.54, 1.807) is 11.1 Å². The molecule has 3 heterocycles.